The number of fused-ring (bicyclic) bond motifs is 1. The quantitative estimate of drug-likeness (QED) is 0.926. The fourth-order valence-electron chi connectivity index (χ4n) is 1.83. The van der Waals surface area contributed by atoms with Gasteiger partial charge in [0.1, 0.15) is 5.52 Å². The fourth-order valence-corrected chi connectivity index (χ4v) is 1.83. The molecule has 104 valence electrons. The van der Waals surface area contributed by atoms with Crippen LogP contribution in [0.2, 0.25) is 0 Å². The van der Waals surface area contributed by atoms with Crippen molar-refractivity contribution in [2.75, 3.05) is 0 Å². The summed E-state index contributed by atoms with van der Waals surface area (Å²) in [6, 6.07) is 3.41. The van der Waals surface area contributed by atoms with Gasteiger partial charge in [-0.05, 0) is 38.0 Å². The van der Waals surface area contributed by atoms with Crippen LogP contribution >= 0.6 is 0 Å². The molecule has 2 rings (SSSR count). The third kappa shape index (κ3) is 3.47. The second-order valence-electron chi connectivity index (χ2n) is 4.66. The van der Waals surface area contributed by atoms with Crippen molar-refractivity contribution in [2.45, 2.75) is 38.4 Å². The van der Waals surface area contributed by atoms with E-state index in [1.54, 1.807) is 0 Å². The van der Waals surface area contributed by atoms with E-state index >= 15 is 0 Å². The van der Waals surface area contributed by atoms with Crippen LogP contribution in [-0.2, 0) is 12.6 Å². The Morgan fingerprint density at radius 2 is 2.11 bits per heavy atom. The number of benzene rings is 1. The number of alkyl halides is 3. The zero-order valence-electron chi connectivity index (χ0n) is 10.5. The van der Waals surface area contributed by atoms with Crippen molar-refractivity contribution in [3.05, 3.63) is 29.7 Å². The van der Waals surface area contributed by atoms with Crippen molar-refractivity contribution in [1.29, 1.82) is 0 Å². The van der Waals surface area contributed by atoms with Crippen LogP contribution in [0.3, 0.4) is 0 Å². The average molecular weight is 272 g/mol. The molecule has 1 unspecified atom stereocenters. The number of hydrogen-bond acceptors (Lipinski definition) is 3. The number of oxazole rings is 1. The molecule has 1 aromatic carbocycles. The van der Waals surface area contributed by atoms with Crippen LogP contribution < -0.4 is 5.73 Å². The number of rotatable bonds is 4. The average Bonchev–Trinajstić information content (AvgIpc) is 2.68. The van der Waals surface area contributed by atoms with Crippen LogP contribution in [0, 0.1) is 0 Å². The summed E-state index contributed by atoms with van der Waals surface area (Å²) in [5.74, 6) is 0.454. The summed E-state index contributed by atoms with van der Waals surface area (Å²) >= 11 is 0. The Kier molecular flexibility index (Phi) is 3.80. The molecule has 1 atom stereocenters. The Morgan fingerprint density at radius 1 is 1.37 bits per heavy atom. The van der Waals surface area contributed by atoms with Crippen LogP contribution in [0.5, 0.6) is 0 Å². The maximum atomic E-state index is 12.5. The molecule has 0 spiro atoms. The topological polar surface area (TPSA) is 52.0 Å². The standard InChI is InChI=1S/C13H15F3N2O/c1-8(17)3-2-4-12-18-10-7-9(13(14,15)16)5-6-11(10)19-12/h5-8H,2-4,17H2,1H3. The maximum absolute atomic E-state index is 12.5. The summed E-state index contributed by atoms with van der Waals surface area (Å²) in [4.78, 5) is 4.08. The van der Waals surface area contributed by atoms with Gasteiger partial charge in [-0.3, -0.25) is 0 Å². The lowest BCUT2D eigenvalue weighted by molar-refractivity contribution is -0.137. The highest BCUT2D eigenvalue weighted by Gasteiger charge is 2.30. The van der Waals surface area contributed by atoms with Crippen molar-refractivity contribution in [2.24, 2.45) is 5.73 Å². The molecule has 1 aromatic heterocycles. The summed E-state index contributed by atoms with van der Waals surface area (Å²) in [6.45, 7) is 1.90. The van der Waals surface area contributed by atoms with E-state index in [1.165, 1.54) is 6.07 Å². The molecule has 0 radical (unpaired) electrons. The number of nitrogens with two attached hydrogens (primary N) is 1. The molecule has 0 aliphatic rings. The Bertz CT molecular complexity index is 561. The van der Waals surface area contributed by atoms with Gasteiger partial charge in [-0.25, -0.2) is 4.98 Å². The number of nitrogens with zero attached hydrogens (tertiary/aromatic N) is 1. The van der Waals surface area contributed by atoms with Gasteiger partial charge >= 0.3 is 6.18 Å². The summed E-state index contributed by atoms with van der Waals surface area (Å²) in [5, 5.41) is 0. The monoisotopic (exact) mass is 272 g/mol. The fraction of sp³-hybridized carbons (Fsp3) is 0.462. The van der Waals surface area contributed by atoms with Crippen LogP contribution in [0.4, 0.5) is 13.2 Å². The minimum atomic E-state index is -4.36. The van der Waals surface area contributed by atoms with E-state index in [-0.39, 0.29) is 11.6 Å². The van der Waals surface area contributed by atoms with E-state index in [0.717, 1.165) is 25.0 Å². The third-order valence-electron chi connectivity index (χ3n) is 2.81. The summed E-state index contributed by atoms with van der Waals surface area (Å²) < 4.78 is 43.0. The van der Waals surface area contributed by atoms with E-state index in [0.29, 0.717) is 17.9 Å². The summed E-state index contributed by atoms with van der Waals surface area (Å²) in [5.41, 5.74) is 5.53. The first kappa shape index (κ1) is 13.9. The largest absolute Gasteiger partial charge is 0.441 e. The van der Waals surface area contributed by atoms with Gasteiger partial charge < -0.3 is 10.2 Å². The Labute approximate surface area is 108 Å². The molecule has 0 bridgehead atoms. The molecule has 0 amide bonds. The molecule has 0 fully saturated rings. The maximum Gasteiger partial charge on any atom is 0.416 e. The Hall–Kier alpha value is -1.56. The highest BCUT2D eigenvalue weighted by Crippen LogP contribution is 2.31. The van der Waals surface area contributed by atoms with Crippen molar-refractivity contribution >= 4 is 11.1 Å². The van der Waals surface area contributed by atoms with Crippen molar-refractivity contribution in [3.63, 3.8) is 0 Å². The predicted molar refractivity (Wildman–Crippen MR) is 65.6 cm³/mol. The highest BCUT2D eigenvalue weighted by molar-refractivity contribution is 5.73. The van der Waals surface area contributed by atoms with E-state index in [4.69, 9.17) is 10.2 Å². The molecule has 2 aromatic rings. The molecule has 0 saturated heterocycles. The lowest BCUT2D eigenvalue weighted by atomic mass is 10.1. The van der Waals surface area contributed by atoms with Crippen molar-refractivity contribution < 1.29 is 17.6 Å². The minimum Gasteiger partial charge on any atom is -0.441 e. The van der Waals surface area contributed by atoms with E-state index in [9.17, 15) is 13.2 Å². The molecule has 2 N–H and O–H groups in total. The number of hydrogen-bond donors (Lipinski definition) is 1. The number of halogens is 3. The zero-order chi connectivity index (χ0) is 14.0. The van der Waals surface area contributed by atoms with Crippen LogP contribution in [-0.4, -0.2) is 11.0 Å². The molecule has 6 heteroatoms. The highest BCUT2D eigenvalue weighted by atomic mass is 19.4. The molecule has 0 aliphatic carbocycles. The van der Waals surface area contributed by atoms with Gasteiger partial charge in [-0.1, -0.05) is 0 Å². The van der Waals surface area contributed by atoms with Crippen molar-refractivity contribution in [1.82, 2.24) is 4.98 Å². The summed E-state index contributed by atoms with van der Waals surface area (Å²) in [7, 11) is 0. The lowest BCUT2D eigenvalue weighted by Gasteiger charge is -2.04. The van der Waals surface area contributed by atoms with Crippen LogP contribution in [0.1, 0.15) is 31.2 Å². The number of aromatic nitrogens is 1. The lowest BCUT2D eigenvalue weighted by Crippen LogP contribution is -2.14. The van der Waals surface area contributed by atoms with Gasteiger partial charge in [0.05, 0.1) is 5.56 Å². The number of aryl methyl sites for hydroxylation is 1. The second-order valence-corrected chi connectivity index (χ2v) is 4.66. The minimum absolute atomic E-state index is 0.0983. The van der Waals surface area contributed by atoms with E-state index < -0.39 is 11.7 Å². The van der Waals surface area contributed by atoms with Gasteiger partial charge in [-0.15, -0.1) is 0 Å². The first-order valence-corrected chi connectivity index (χ1v) is 6.08. The van der Waals surface area contributed by atoms with E-state index in [1.807, 2.05) is 6.92 Å². The van der Waals surface area contributed by atoms with Gasteiger partial charge in [-0.2, -0.15) is 13.2 Å². The Morgan fingerprint density at radius 3 is 2.74 bits per heavy atom. The van der Waals surface area contributed by atoms with Crippen LogP contribution in [0.25, 0.3) is 11.1 Å². The Balaban J connectivity index is 2.16. The molecule has 0 saturated carbocycles. The van der Waals surface area contributed by atoms with Gasteiger partial charge in [0.25, 0.3) is 0 Å². The first-order chi connectivity index (χ1) is 8.86. The van der Waals surface area contributed by atoms with E-state index in [2.05, 4.69) is 4.98 Å². The molecule has 0 aliphatic heterocycles. The normalized spacial score (nSPS) is 13.9. The smallest absolute Gasteiger partial charge is 0.416 e. The molecule has 19 heavy (non-hydrogen) atoms. The molecule has 1 heterocycles. The SMILES string of the molecule is CC(N)CCCc1nc2cc(C(F)(F)F)ccc2o1. The van der Waals surface area contributed by atoms with Gasteiger partial charge in [0, 0.05) is 12.5 Å². The van der Waals surface area contributed by atoms with Crippen molar-refractivity contribution in [3.8, 4) is 0 Å². The molecular formula is C13H15F3N2O. The second kappa shape index (κ2) is 5.21. The molecule has 3 nitrogen and oxygen atoms in total. The summed E-state index contributed by atoms with van der Waals surface area (Å²) in [6.07, 6.45) is -2.15. The molecular weight excluding hydrogens is 257 g/mol. The zero-order valence-corrected chi connectivity index (χ0v) is 10.5. The third-order valence-corrected chi connectivity index (χ3v) is 2.81. The van der Waals surface area contributed by atoms with Crippen LogP contribution in [0.15, 0.2) is 22.6 Å². The van der Waals surface area contributed by atoms with Gasteiger partial charge in [0.2, 0.25) is 0 Å². The first-order valence-electron chi connectivity index (χ1n) is 6.08. The predicted octanol–water partition coefficient (Wildman–Crippen LogP) is 3.52. The van der Waals surface area contributed by atoms with Gasteiger partial charge in [0.15, 0.2) is 11.5 Å².